The Bertz CT molecular complexity index is 699. The number of benzene rings is 2. The Morgan fingerprint density at radius 2 is 1.87 bits per heavy atom. The van der Waals surface area contributed by atoms with Crippen LogP contribution in [-0.2, 0) is 17.8 Å². The third-order valence-corrected chi connectivity index (χ3v) is 3.43. The first-order valence-electron chi connectivity index (χ1n) is 7.59. The molecule has 2 rings (SSSR count). The largest absolute Gasteiger partial charge is 0.326 e. The lowest BCUT2D eigenvalue weighted by Gasteiger charge is -2.11. The van der Waals surface area contributed by atoms with Crippen molar-refractivity contribution in [2.45, 2.75) is 19.4 Å². The van der Waals surface area contributed by atoms with Crippen molar-refractivity contribution >= 4 is 11.6 Å². The molecule has 0 aliphatic carbocycles. The zero-order valence-electron chi connectivity index (χ0n) is 13.5. The molecule has 0 aliphatic heterocycles. The third-order valence-electron chi connectivity index (χ3n) is 3.43. The van der Waals surface area contributed by atoms with Crippen molar-refractivity contribution in [1.29, 1.82) is 5.26 Å². The number of rotatable bonds is 6. The SMILES string of the molecule is CN(C)Cc1cccc(NC(=O)CCc2ccc(C#N)cc2)c1. The fourth-order valence-corrected chi connectivity index (χ4v) is 2.34. The fourth-order valence-electron chi connectivity index (χ4n) is 2.34. The molecule has 0 aliphatic rings. The van der Waals surface area contributed by atoms with Gasteiger partial charge in [-0.05, 0) is 55.9 Å². The molecule has 0 saturated carbocycles. The lowest BCUT2D eigenvalue weighted by atomic mass is 10.1. The number of anilines is 1. The van der Waals surface area contributed by atoms with Gasteiger partial charge in [-0.15, -0.1) is 0 Å². The van der Waals surface area contributed by atoms with E-state index in [2.05, 4.69) is 16.3 Å². The molecular formula is C19H21N3O. The van der Waals surface area contributed by atoms with Gasteiger partial charge in [0, 0.05) is 18.7 Å². The van der Waals surface area contributed by atoms with E-state index >= 15 is 0 Å². The van der Waals surface area contributed by atoms with Crippen LogP contribution in [-0.4, -0.2) is 24.9 Å². The predicted molar refractivity (Wildman–Crippen MR) is 91.9 cm³/mol. The molecule has 2 aromatic carbocycles. The number of aryl methyl sites for hydroxylation is 1. The van der Waals surface area contributed by atoms with Crippen LogP contribution in [0.1, 0.15) is 23.1 Å². The first-order valence-corrected chi connectivity index (χ1v) is 7.59. The van der Waals surface area contributed by atoms with Crippen LogP contribution in [0.15, 0.2) is 48.5 Å². The average molecular weight is 307 g/mol. The molecule has 0 heterocycles. The first-order chi connectivity index (χ1) is 11.1. The van der Waals surface area contributed by atoms with Gasteiger partial charge in [0.05, 0.1) is 11.6 Å². The van der Waals surface area contributed by atoms with Crippen molar-refractivity contribution in [2.24, 2.45) is 0 Å². The molecule has 1 N–H and O–H groups in total. The molecule has 0 atom stereocenters. The van der Waals surface area contributed by atoms with E-state index in [1.165, 1.54) is 5.56 Å². The number of nitrogens with zero attached hydrogens (tertiary/aromatic N) is 2. The van der Waals surface area contributed by atoms with Gasteiger partial charge in [0.15, 0.2) is 0 Å². The third kappa shape index (κ3) is 5.57. The molecule has 0 bridgehead atoms. The number of nitriles is 1. The van der Waals surface area contributed by atoms with E-state index in [-0.39, 0.29) is 5.91 Å². The van der Waals surface area contributed by atoms with Gasteiger partial charge >= 0.3 is 0 Å². The summed E-state index contributed by atoms with van der Waals surface area (Å²) in [7, 11) is 4.03. The lowest BCUT2D eigenvalue weighted by molar-refractivity contribution is -0.116. The molecule has 4 nitrogen and oxygen atoms in total. The van der Waals surface area contributed by atoms with Gasteiger partial charge in [-0.3, -0.25) is 4.79 Å². The summed E-state index contributed by atoms with van der Waals surface area (Å²) in [5, 5.41) is 11.7. The highest BCUT2D eigenvalue weighted by Crippen LogP contribution is 2.13. The van der Waals surface area contributed by atoms with Crippen LogP contribution >= 0.6 is 0 Å². The van der Waals surface area contributed by atoms with Gasteiger partial charge in [0.25, 0.3) is 0 Å². The minimum atomic E-state index is -0.00337. The first kappa shape index (κ1) is 16.7. The number of carbonyl (C=O) groups is 1. The van der Waals surface area contributed by atoms with Crippen molar-refractivity contribution in [3.8, 4) is 6.07 Å². The minimum absolute atomic E-state index is 0.00337. The predicted octanol–water partition coefficient (Wildman–Crippen LogP) is 3.19. The summed E-state index contributed by atoms with van der Waals surface area (Å²) in [6.07, 6.45) is 1.08. The maximum absolute atomic E-state index is 12.1. The molecule has 0 aromatic heterocycles. The lowest BCUT2D eigenvalue weighted by Crippen LogP contribution is -2.14. The second kappa shape index (κ2) is 8.11. The Balaban J connectivity index is 1.88. The van der Waals surface area contributed by atoms with Gasteiger partial charge in [-0.1, -0.05) is 24.3 Å². The van der Waals surface area contributed by atoms with Gasteiger partial charge < -0.3 is 10.2 Å². The molecule has 2 aromatic rings. The summed E-state index contributed by atoms with van der Waals surface area (Å²) in [5.41, 5.74) is 3.69. The highest BCUT2D eigenvalue weighted by atomic mass is 16.1. The molecule has 0 spiro atoms. The van der Waals surface area contributed by atoms with Crippen LogP contribution in [0, 0.1) is 11.3 Å². The standard InChI is InChI=1S/C19H21N3O/c1-22(2)14-17-4-3-5-18(12-17)21-19(23)11-10-15-6-8-16(13-20)9-7-15/h3-9,12H,10-11,14H2,1-2H3,(H,21,23). The number of hydrogen-bond acceptors (Lipinski definition) is 3. The second-order valence-corrected chi connectivity index (χ2v) is 5.80. The summed E-state index contributed by atoms with van der Waals surface area (Å²) in [6.45, 7) is 0.842. The number of amides is 1. The average Bonchev–Trinajstić information content (AvgIpc) is 2.53. The van der Waals surface area contributed by atoms with Gasteiger partial charge in [0.2, 0.25) is 5.91 Å². The molecule has 1 amide bonds. The van der Waals surface area contributed by atoms with Gasteiger partial charge in [-0.25, -0.2) is 0 Å². The Morgan fingerprint density at radius 1 is 1.13 bits per heavy atom. The molecule has 118 valence electrons. The normalized spacial score (nSPS) is 10.3. The van der Waals surface area contributed by atoms with Crippen molar-refractivity contribution in [3.05, 3.63) is 65.2 Å². The molecule has 23 heavy (non-hydrogen) atoms. The number of nitrogens with one attached hydrogen (secondary N) is 1. The Hall–Kier alpha value is -2.64. The highest BCUT2D eigenvalue weighted by molar-refractivity contribution is 5.90. The van der Waals surface area contributed by atoms with E-state index in [1.54, 1.807) is 12.1 Å². The monoisotopic (exact) mass is 307 g/mol. The fraction of sp³-hybridized carbons (Fsp3) is 0.263. The van der Waals surface area contributed by atoms with Crippen molar-refractivity contribution in [2.75, 3.05) is 19.4 Å². The minimum Gasteiger partial charge on any atom is -0.326 e. The molecule has 0 saturated heterocycles. The van der Waals surface area contributed by atoms with E-state index in [0.717, 1.165) is 17.8 Å². The summed E-state index contributed by atoms with van der Waals surface area (Å²) < 4.78 is 0. The summed E-state index contributed by atoms with van der Waals surface area (Å²) in [4.78, 5) is 14.2. The molecular weight excluding hydrogens is 286 g/mol. The summed E-state index contributed by atoms with van der Waals surface area (Å²) in [6, 6.07) is 17.3. The van der Waals surface area contributed by atoms with E-state index in [4.69, 9.17) is 5.26 Å². The number of hydrogen-bond donors (Lipinski definition) is 1. The van der Waals surface area contributed by atoms with E-state index in [9.17, 15) is 4.79 Å². The van der Waals surface area contributed by atoms with Crippen molar-refractivity contribution in [3.63, 3.8) is 0 Å². The molecule has 0 unspecified atom stereocenters. The Labute approximate surface area is 137 Å². The van der Waals surface area contributed by atoms with Gasteiger partial charge in [-0.2, -0.15) is 5.26 Å². The zero-order valence-corrected chi connectivity index (χ0v) is 13.5. The quantitative estimate of drug-likeness (QED) is 0.891. The number of carbonyl (C=O) groups excluding carboxylic acids is 1. The van der Waals surface area contributed by atoms with Crippen LogP contribution < -0.4 is 5.32 Å². The Morgan fingerprint density at radius 3 is 2.52 bits per heavy atom. The van der Waals surface area contributed by atoms with E-state index < -0.39 is 0 Å². The highest BCUT2D eigenvalue weighted by Gasteiger charge is 2.04. The smallest absolute Gasteiger partial charge is 0.224 e. The Kier molecular flexibility index (Phi) is 5.90. The zero-order chi connectivity index (χ0) is 16.7. The van der Waals surface area contributed by atoms with E-state index in [1.807, 2.05) is 50.5 Å². The maximum Gasteiger partial charge on any atom is 0.224 e. The van der Waals surface area contributed by atoms with Crippen molar-refractivity contribution < 1.29 is 4.79 Å². The van der Waals surface area contributed by atoms with Crippen LogP contribution in [0.4, 0.5) is 5.69 Å². The second-order valence-electron chi connectivity index (χ2n) is 5.80. The van der Waals surface area contributed by atoms with Crippen LogP contribution in [0.3, 0.4) is 0 Å². The van der Waals surface area contributed by atoms with Crippen LogP contribution in [0.2, 0.25) is 0 Å². The molecule has 0 radical (unpaired) electrons. The molecule has 4 heteroatoms. The maximum atomic E-state index is 12.1. The van der Waals surface area contributed by atoms with Gasteiger partial charge in [0.1, 0.15) is 0 Å². The van der Waals surface area contributed by atoms with Crippen LogP contribution in [0.25, 0.3) is 0 Å². The van der Waals surface area contributed by atoms with E-state index in [0.29, 0.717) is 18.4 Å². The van der Waals surface area contributed by atoms with Crippen LogP contribution in [0.5, 0.6) is 0 Å². The summed E-state index contributed by atoms with van der Waals surface area (Å²) >= 11 is 0. The molecule has 0 fully saturated rings. The van der Waals surface area contributed by atoms with Crippen molar-refractivity contribution in [1.82, 2.24) is 4.90 Å². The topological polar surface area (TPSA) is 56.1 Å². The summed E-state index contributed by atoms with van der Waals surface area (Å²) in [5.74, 6) is -0.00337.